The van der Waals surface area contributed by atoms with Crippen LogP contribution in [0.2, 0.25) is 0 Å². The lowest BCUT2D eigenvalue weighted by molar-refractivity contribution is 0.112. The number of hydrogen-bond acceptors (Lipinski definition) is 2. The zero-order valence-corrected chi connectivity index (χ0v) is 8.34. The topological polar surface area (TPSA) is 29.5 Å². The molecule has 0 fully saturated rings. The zero-order valence-electron chi connectivity index (χ0n) is 6.76. The summed E-state index contributed by atoms with van der Waals surface area (Å²) in [5.74, 6) is -0.245. The van der Waals surface area contributed by atoms with Crippen molar-refractivity contribution in [1.82, 2.24) is 0 Å². The molecular weight excluding hydrogens is 239 g/mol. The summed E-state index contributed by atoms with van der Waals surface area (Å²) in [5.41, 5.74) is 0.526. The van der Waals surface area contributed by atoms with Crippen molar-refractivity contribution in [2.75, 3.05) is 6.61 Å². The number of rotatable bonds is 0. The summed E-state index contributed by atoms with van der Waals surface area (Å²) in [5, 5.41) is 9.54. The van der Waals surface area contributed by atoms with Gasteiger partial charge in [-0.05, 0) is 12.1 Å². The van der Waals surface area contributed by atoms with E-state index < -0.39 is 11.9 Å². The third-order valence-corrected chi connectivity index (χ3v) is 2.49. The summed E-state index contributed by atoms with van der Waals surface area (Å²) in [6.07, 6.45) is -0.0983. The third-order valence-electron chi connectivity index (χ3n) is 2.03. The smallest absolute Gasteiger partial charge is 0.166 e. The largest absolute Gasteiger partial charge is 0.490 e. The van der Waals surface area contributed by atoms with Crippen molar-refractivity contribution in [2.45, 2.75) is 12.5 Å². The maximum Gasteiger partial charge on any atom is 0.166 e. The van der Waals surface area contributed by atoms with E-state index in [0.717, 1.165) is 0 Å². The maximum atomic E-state index is 13.2. The highest BCUT2D eigenvalue weighted by Crippen LogP contribution is 2.36. The molecular formula is C9H8BrFO2. The maximum absolute atomic E-state index is 13.2. The molecule has 0 unspecified atom stereocenters. The number of ether oxygens (including phenoxy) is 1. The van der Waals surface area contributed by atoms with E-state index in [-0.39, 0.29) is 5.75 Å². The second-order valence-electron chi connectivity index (χ2n) is 2.96. The van der Waals surface area contributed by atoms with E-state index in [9.17, 15) is 9.50 Å². The van der Waals surface area contributed by atoms with Crippen molar-refractivity contribution in [3.8, 4) is 5.75 Å². The summed E-state index contributed by atoms with van der Waals surface area (Å²) in [6, 6.07) is 3.01. The molecule has 1 atom stereocenters. The summed E-state index contributed by atoms with van der Waals surface area (Å²) < 4.78 is 19.0. The van der Waals surface area contributed by atoms with Crippen LogP contribution in [0, 0.1) is 5.82 Å². The summed E-state index contributed by atoms with van der Waals surface area (Å²) >= 11 is 3.16. The molecule has 0 saturated carbocycles. The molecule has 0 spiro atoms. The van der Waals surface area contributed by atoms with E-state index in [1.807, 2.05) is 0 Å². The number of aliphatic hydroxyl groups excluding tert-OH is 1. The number of halogens is 2. The van der Waals surface area contributed by atoms with Crippen molar-refractivity contribution >= 4 is 15.9 Å². The van der Waals surface area contributed by atoms with Gasteiger partial charge in [-0.25, -0.2) is 4.39 Å². The third kappa shape index (κ3) is 1.56. The fourth-order valence-electron chi connectivity index (χ4n) is 1.41. The second kappa shape index (κ2) is 3.27. The summed E-state index contributed by atoms with van der Waals surface area (Å²) in [4.78, 5) is 0. The van der Waals surface area contributed by atoms with E-state index in [1.165, 1.54) is 6.07 Å². The van der Waals surface area contributed by atoms with Crippen LogP contribution < -0.4 is 4.74 Å². The highest BCUT2D eigenvalue weighted by molar-refractivity contribution is 9.10. The molecule has 4 heteroatoms. The lowest BCUT2D eigenvalue weighted by atomic mass is 10.0. The predicted octanol–water partition coefficient (Wildman–Crippen LogP) is 2.40. The lowest BCUT2D eigenvalue weighted by Gasteiger charge is -2.22. The fourth-order valence-corrected chi connectivity index (χ4v) is 1.86. The standard InChI is InChI=1S/C9H8BrFO2/c10-5-3-6-8(12)1-2-13-9(6)7(11)4-5/h3-4,8,12H,1-2H2/t8-/m0/s1. The van der Waals surface area contributed by atoms with Crippen LogP contribution in [-0.2, 0) is 0 Å². The quantitative estimate of drug-likeness (QED) is 0.762. The minimum atomic E-state index is -0.615. The number of aliphatic hydroxyl groups is 1. The molecule has 0 radical (unpaired) electrons. The van der Waals surface area contributed by atoms with Gasteiger partial charge in [0.05, 0.1) is 12.7 Å². The number of fused-ring (bicyclic) bond motifs is 1. The Morgan fingerprint density at radius 1 is 1.54 bits per heavy atom. The SMILES string of the molecule is O[C@H]1CCOc2c(F)cc(Br)cc21. The molecule has 13 heavy (non-hydrogen) atoms. The summed E-state index contributed by atoms with van der Waals surface area (Å²) in [6.45, 7) is 0.368. The second-order valence-corrected chi connectivity index (χ2v) is 3.87. The average molecular weight is 247 g/mol. The monoisotopic (exact) mass is 246 g/mol. The number of benzene rings is 1. The van der Waals surface area contributed by atoms with Crippen LogP contribution in [0.25, 0.3) is 0 Å². The first-order chi connectivity index (χ1) is 6.18. The highest BCUT2D eigenvalue weighted by Gasteiger charge is 2.22. The van der Waals surface area contributed by atoms with E-state index >= 15 is 0 Å². The summed E-state index contributed by atoms with van der Waals surface area (Å²) in [7, 11) is 0. The van der Waals surface area contributed by atoms with Gasteiger partial charge in [0.1, 0.15) is 0 Å². The average Bonchev–Trinajstić information content (AvgIpc) is 2.07. The van der Waals surface area contributed by atoms with Gasteiger partial charge in [0.15, 0.2) is 11.6 Å². The number of hydrogen-bond donors (Lipinski definition) is 1. The Morgan fingerprint density at radius 2 is 2.31 bits per heavy atom. The van der Waals surface area contributed by atoms with Crippen LogP contribution in [0.1, 0.15) is 18.1 Å². The highest BCUT2D eigenvalue weighted by atomic mass is 79.9. The predicted molar refractivity (Wildman–Crippen MR) is 49.2 cm³/mol. The van der Waals surface area contributed by atoms with Gasteiger partial charge < -0.3 is 9.84 Å². The van der Waals surface area contributed by atoms with Crippen LogP contribution in [0.4, 0.5) is 4.39 Å². The van der Waals surface area contributed by atoms with E-state index in [2.05, 4.69) is 15.9 Å². The molecule has 1 aromatic rings. The minimum absolute atomic E-state index is 0.182. The lowest BCUT2D eigenvalue weighted by Crippen LogP contribution is -2.14. The van der Waals surface area contributed by atoms with Crippen molar-refractivity contribution in [3.05, 3.63) is 28.0 Å². The molecule has 2 rings (SSSR count). The van der Waals surface area contributed by atoms with Crippen LogP contribution in [0.5, 0.6) is 5.75 Å². The van der Waals surface area contributed by atoms with Gasteiger partial charge in [-0.3, -0.25) is 0 Å². The van der Waals surface area contributed by atoms with Crippen molar-refractivity contribution in [1.29, 1.82) is 0 Å². The Kier molecular flexibility index (Phi) is 2.26. The molecule has 0 aliphatic carbocycles. The Hall–Kier alpha value is -0.610. The Labute approximate surface area is 83.5 Å². The van der Waals surface area contributed by atoms with Crippen LogP contribution in [0.15, 0.2) is 16.6 Å². The first kappa shape index (κ1) is 8.97. The molecule has 1 N–H and O–H groups in total. The van der Waals surface area contributed by atoms with E-state index in [0.29, 0.717) is 23.1 Å². The molecule has 2 nitrogen and oxygen atoms in total. The molecule has 1 heterocycles. The first-order valence-electron chi connectivity index (χ1n) is 3.98. The molecule has 1 aromatic carbocycles. The molecule has 0 saturated heterocycles. The molecule has 0 aromatic heterocycles. The van der Waals surface area contributed by atoms with Gasteiger partial charge in [-0.15, -0.1) is 0 Å². The van der Waals surface area contributed by atoms with Gasteiger partial charge in [0, 0.05) is 16.5 Å². The van der Waals surface area contributed by atoms with Crippen molar-refractivity contribution in [2.24, 2.45) is 0 Å². The van der Waals surface area contributed by atoms with Crippen molar-refractivity contribution < 1.29 is 14.2 Å². The van der Waals surface area contributed by atoms with Gasteiger partial charge in [0.2, 0.25) is 0 Å². The Balaban J connectivity index is 2.56. The molecule has 0 amide bonds. The molecule has 1 aliphatic rings. The normalized spacial score (nSPS) is 20.7. The van der Waals surface area contributed by atoms with Crippen LogP contribution in [-0.4, -0.2) is 11.7 Å². The van der Waals surface area contributed by atoms with Crippen LogP contribution in [0.3, 0.4) is 0 Å². The molecule has 70 valence electrons. The van der Waals surface area contributed by atoms with E-state index in [1.54, 1.807) is 6.07 Å². The Bertz CT molecular complexity index is 341. The molecule has 1 aliphatic heterocycles. The first-order valence-corrected chi connectivity index (χ1v) is 4.77. The minimum Gasteiger partial charge on any atom is -0.490 e. The van der Waals surface area contributed by atoms with Gasteiger partial charge in [0.25, 0.3) is 0 Å². The zero-order chi connectivity index (χ0) is 9.42. The molecule has 0 bridgehead atoms. The van der Waals surface area contributed by atoms with Gasteiger partial charge >= 0.3 is 0 Å². The Morgan fingerprint density at radius 3 is 3.08 bits per heavy atom. The van der Waals surface area contributed by atoms with Gasteiger partial charge in [-0.1, -0.05) is 15.9 Å². The van der Waals surface area contributed by atoms with Gasteiger partial charge in [-0.2, -0.15) is 0 Å². The van der Waals surface area contributed by atoms with E-state index in [4.69, 9.17) is 4.74 Å². The van der Waals surface area contributed by atoms with Crippen LogP contribution >= 0.6 is 15.9 Å². The fraction of sp³-hybridized carbons (Fsp3) is 0.333. The van der Waals surface area contributed by atoms with Crippen molar-refractivity contribution in [3.63, 3.8) is 0 Å².